The van der Waals surface area contributed by atoms with Gasteiger partial charge in [0.05, 0.1) is 5.69 Å². The Morgan fingerprint density at radius 3 is 2.50 bits per heavy atom. The lowest BCUT2D eigenvalue weighted by atomic mass is 10.1. The first kappa shape index (κ1) is 15.6. The van der Waals surface area contributed by atoms with E-state index < -0.39 is 11.8 Å². The second-order valence-electron chi connectivity index (χ2n) is 5.11. The molecule has 5 heteroatoms. The second-order valence-corrected chi connectivity index (χ2v) is 5.11. The van der Waals surface area contributed by atoms with Gasteiger partial charge in [-0.1, -0.05) is 49.1 Å². The third-order valence-electron chi connectivity index (χ3n) is 3.48. The van der Waals surface area contributed by atoms with E-state index in [1.807, 2.05) is 18.2 Å². The molecule has 0 spiro atoms. The van der Waals surface area contributed by atoms with E-state index in [0.717, 1.165) is 0 Å². The van der Waals surface area contributed by atoms with E-state index in [9.17, 15) is 9.59 Å². The molecule has 0 aromatic heterocycles. The van der Waals surface area contributed by atoms with Gasteiger partial charge in [0.1, 0.15) is 17.9 Å². The Labute approximate surface area is 139 Å². The molecule has 2 amide bonds. The molecule has 3 rings (SSSR count). The molecule has 5 nitrogen and oxygen atoms in total. The number of nitrogens with zero attached hydrogens (tertiary/aromatic N) is 1. The number of hydrazine groups is 1. The van der Waals surface area contributed by atoms with Crippen LogP contribution in [0.25, 0.3) is 6.08 Å². The van der Waals surface area contributed by atoms with Gasteiger partial charge in [-0.2, -0.15) is 0 Å². The number of carbonyl (C=O) groups excluding carboxylic acids is 2. The van der Waals surface area contributed by atoms with E-state index >= 15 is 0 Å². The lowest BCUT2D eigenvalue weighted by Crippen LogP contribution is -2.35. The molecule has 24 heavy (non-hydrogen) atoms. The van der Waals surface area contributed by atoms with E-state index in [0.29, 0.717) is 23.6 Å². The smallest absolute Gasteiger partial charge is 0.282 e. The van der Waals surface area contributed by atoms with Crippen molar-refractivity contribution in [1.82, 2.24) is 5.43 Å². The molecule has 1 N–H and O–H groups in total. The maximum absolute atomic E-state index is 12.6. The highest BCUT2D eigenvalue weighted by molar-refractivity contribution is 6.31. The highest BCUT2D eigenvalue weighted by atomic mass is 16.5. The zero-order valence-corrected chi connectivity index (χ0v) is 12.9. The number of benzene rings is 2. The molecule has 1 fully saturated rings. The minimum absolute atomic E-state index is 0.0634. The minimum Gasteiger partial charge on any atom is -0.489 e. The molecule has 120 valence electrons. The normalized spacial score (nSPS) is 15.5. The first-order chi connectivity index (χ1) is 11.7. The first-order valence-electron chi connectivity index (χ1n) is 7.45. The molecule has 1 aliphatic heterocycles. The predicted molar refractivity (Wildman–Crippen MR) is 92.2 cm³/mol. The van der Waals surface area contributed by atoms with Crippen LogP contribution in [0.1, 0.15) is 5.56 Å². The predicted octanol–water partition coefficient (Wildman–Crippen LogP) is 2.71. The fraction of sp³-hybridized carbons (Fsp3) is 0.0526. The van der Waals surface area contributed by atoms with E-state index in [1.165, 1.54) is 5.01 Å². The van der Waals surface area contributed by atoms with Crippen molar-refractivity contribution in [2.45, 2.75) is 0 Å². The van der Waals surface area contributed by atoms with Crippen molar-refractivity contribution in [1.29, 1.82) is 0 Å². The molecule has 0 aliphatic carbocycles. The summed E-state index contributed by atoms with van der Waals surface area (Å²) in [5, 5.41) is 1.24. The van der Waals surface area contributed by atoms with Gasteiger partial charge in [0, 0.05) is 5.56 Å². The fourth-order valence-corrected chi connectivity index (χ4v) is 2.35. The van der Waals surface area contributed by atoms with Crippen LogP contribution >= 0.6 is 0 Å². The molecule has 1 heterocycles. The van der Waals surface area contributed by atoms with Crippen molar-refractivity contribution in [3.8, 4) is 5.75 Å². The Kier molecular flexibility index (Phi) is 4.43. The van der Waals surface area contributed by atoms with Crippen LogP contribution in [0.3, 0.4) is 0 Å². The molecule has 1 aliphatic rings. The summed E-state index contributed by atoms with van der Waals surface area (Å²) in [4.78, 5) is 24.8. The summed E-state index contributed by atoms with van der Waals surface area (Å²) < 4.78 is 5.56. The molecule has 1 saturated heterocycles. The number of hydrogen-bond donors (Lipinski definition) is 1. The zero-order chi connectivity index (χ0) is 16.9. The molecule has 0 unspecified atom stereocenters. The van der Waals surface area contributed by atoms with Gasteiger partial charge >= 0.3 is 0 Å². The average Bonchev–Trinajstić information content (AvgIpc) is 2.90. The van der Waals surface area contributed by atoms with Crippen molar-refractivity contribution >= 4 is 23.6 Å². The fourth-order valence-electron chi connectivity index (χ4n) is 2.35. The van der Waals surface area contributed by atoms with Crippen molar-refractivity contribution in [2.75, 3.05) is 11.6 Å². The lowest BCUT2D eigenvalue weighted by Gasteiger charge is -2.13. The van der Waals surface area contributed by atoms with Gasteiger partial charge in [-0.3, -0.25) is 15.0 Å². The maximum atomic E-state index is 12.6. The van der Waals surface area contributed by atoms with Crippen molar-refractivity contribution < 1.29 is 14.3 Å². The summed E-state index contributed by atoms with van der Waals surface area (Å²) in [6, 6.07) is 16.2. The van der Waals surface area contributed by atoms with Gasteiger partial charge in [0.15, 0.2) is 0 Å². The van der Waals surface area contributed by atoms with E-state index in [-0.39, 0.29) is 5.57 Å². The Bertz CT molecular complexity index is 812. The molecule has 0 bridgehead atoms. The highest BCUT2D eigenvalue weighted by Gasteiger charge is 2.34. The average molecular weight is 320 g/mol. The van der Waals surface area contributed by atoms with Crippen LogP contribution in [0.4, 0.5) is 5.69 Å². The second kappa shape index (κ2) is 6.83. The van der Waals surface area contributed by atoms with Crippen LogP contribution in [0.15, 0.2) is 72.8 Å². The summed E-state index contributed by atoms with van der Waals surface area (Å²) >= 11 is 0. The Morgan fingerprint density at radius 1 is 1.04 bits per heavy atom. The van der Waals surface area contributed by atoms with Crippen LogP contribution in [0, 0.1) is 0 Å². The molecule has 2 aromatic rings. The Balaban J connectivity index is 1.92. The van der Waals surface area contributed by atoms with Crippen LogP contribution in [-0.2, 0) is 9.59 Å². The third kappa shape index (κ3) is 3.05. The van der Waals surface area contributed by atoms with Gasteiger partial charge in [0.2, 0.25) is 0 Å². The molecule has 0 saturated carbocycles. The molecular formula is C19H16N2O3. The van der Waals surface area contributed by atoms with Gasteiger partial charge in [0.25, 0.3) is 11.8 Å². The number of para-hydroxylation sites is 2. The number of anilines is 1. The van der Waals surface area contributed by atoms with Crippen LogP contribution in [0.5, 0.6) is 5.75 Å². The zero-order valence-electron chi connectivity index (χ0n) is 12.9. The van der Waals surface area contributed by atoms with E-state index in [4.69, 9.17) is 4.74 Å². The third-order valence-corrected chi connectivity index (χ3v) is 3.48. The topological polar surface area (TPSA) is 58.6 Å². The van der Waals surface area contributed by atoms with E-state index in [2.05, 4.69) is 12.0 Å². The summed E-state index contributed by atoms with van der Waals surface area (Å²) in [6.07, 6.45) is 3.17. The molecule has 0 radical (unpaired) electrons. The number of hydrogen-bond acceptors (Lipinski definition) is 3. The Hall–Kier alpha value is -3.34. The molecular weight excluding hydrogens is 304 g/mol. The van der Waals surface area contributed by atoms with Crippen molar-refractivity contribution in [3.05, 3.63) is 78.4 Å². The van der Waals surface area contributed by atoms with E-state index in [1.54, 1.807) is 48.6 Å². The standard InChI is InChI=1S/C19H16N2O3/c1-2-12-24-17-11-7-6-8-14(17)13-16-18(22)20-21(19(16)23)15-9-4-3-5-10-15/h2-11,13H,1,12H2,(H,20,22)/b16-13+. The Morgan fingerprint density at radius 2 is 1.75 bits per heavy atom. The summed E-state index contributed by atoms with van der Waals surface area (Å²) in [5.74, 6) is -0.254. The minimum atomic E-state index is -0.442. The lowest BCUT2D eigenvalue weighted by molar-refractivity contribution is -0.117. The first-order valence-corrected chi connectivity index (χ1v) is 7.45. The monoisotopic (exact) mass is 320 g/mol. The number of carbonyl (C=O) groups is 2. The number of amides is 2. The van der Waals surface area contributed by atoms with Gasteiger partial charge < -0.3 is 4.74 Å². The summed E-state index contributed by atoms with van der Waals surface area (Å²) in [5.41, 5.74) is 3.90. The summed E-state index contributed by atoms with van der Waals surface area (Å²) in [7, 11) is 0. The van der Waals surface area contributed by atoms with Gasteiger partial charge in [-0.15, -0.1) is 0 Å². The van der Waals surface area contributed by atoms with Gasteiger partial charge in [-0.25, -0.2) is 5.01 Å². The number of nitrogens with one attached hydrogen (secondary N) is 1. The maximum Gasteiger partial charge on any atom is 0.282 e. The SMILES string of the molecule is C=CCOc1ccccc1/C=C1\C(=O)NN(c2ccccc2)C1=O. The van der Waals surface area contributed by atoms with Crippen molar-refractivity contribution in [3.63, 3.8) is 0 Å². The van der Waals surface area contributed by atoms with Crippen LogP contribution < -0.4 is 15.2 Å². The molecule has 2 aromatic carbocycles. The summed E-state index contributed by atoms with van der Waals surface area (Å²) in [6.45, 7) is 3.95. The molecule has 0 atom stereocenters. The van der Waals surface area contributed by atoms with Crippen LogP contribution in [0.2, 0.25) is 0 Å². The number of ether oxygens (including phenoxy) is 1. The van der Waals surface area contributed by atoms with Crippen LogP contribution in [-0.4, -0.2) is 18.4 Å². The largest absolute Gasteiger partial charge is 0.489 e. The quantitative estimate of drug-likeness (QED) is 0.523. The van der Waals surface area contributed by atoms with Gasteiger partial charge in [-0.05, 0) is 24.3 Å². The highest BCUT2D eigenvalue weighted by Crippen LogP contribution is 2.25. The van der Waals surface area contributed by atoms with Crippen molar-refractivity contribution in [2.24, 2.45) is 0 Å². The number of rotatable bonds is 5.